The standard InChI is InChI=1S/C62H92O12/c1-9-15-20-25-42-66-53-38-30-49(57(68-43-26-21-16-10-2)59(53)70-45-28-23-18-12-4)32-40-55(63)73-51-34-36-52(37-35-51)74-56(64)41-33-50-31-39-54(67-47-48-72-61(65)62(7,8)14-6)60(71-46-29-24-19-13-5)58(50)69-44-27-22-17-11-3/h30-41H,9-29,42-48H2,1-8H3. The zero-order valence-electron chi connectivity index (χ0n) is 46.6. The lowest BCUT2D eigenvalue weighted by molar-refractivity contribution is -0.154. The van der Waals surface area contributed by atoms with Crippen LogP contribution in [0.3, 0.4) is 0 Å². The summed E-state index contributed by atoms with van der Waals surface area (Å²) in [6.07, 6.45) is 27.6. The molecule has 0 spiro atoms. The van der Waals surface area contributed by atoms with Gasteiger partial charge in [0.15, 0.2) is 23.0 Å². The second-order valence-electron chi connectivity index (χ2n) is 19.4. The van der Waals surface area contributed by atoms with E-state index in [1.807, 2.05) is 32.9 Å². The maximum atomic E-state index is 13.3. The SMILES string of the molecule is CCCCCCOc1ccc(C=CC(=O)Oc2ccc(OC(=O)C=Cc3ccc(OCCOC(=O)C(C)(C)CC)c(OCCCCCC)c3OCCCCCC)cc2)c(OCCCCCC)c1OCCCCCC. The molecule has 0 saturated heterocycles. The van der Waals surface area contributed by atoms with Gasteiger partial charge in [-0.25, -0.2) is 9.59 Å². The number of benzene rings is 3. The van der Waals surface area contributed by atoms with Gasteiger partial charge in [0.1, 0.15) is 24.7 Å². The van der Waals surface area contributed by atoms with Gasteiger partial charge in [0, 0.05) is 23.3 Å². The monoisotopic (exact) mass is 1030 g/mol. The number of hydrogen-bond acceptors (Lipinski definition) is 12. The molecule has 12 nitrogen and oxygen atoms in total. The summed E-state index contributed by atoms with van der Waals surface area (Å²) < 4.78 is 54.9. The zero-order chi connectivity index (χ0) is 53.7. The molecule has 0 atom stereocenters. The molecule has 0 fully saturated rings. The summed E-state index contributed by atoms with van der Waals surface area (Å²) in [4.78, 5) is 39.1. The van der Waals surface area contributed by atoms with Crippen molar-refractivity contribution >= 4 is 30.1 Å². The Morgan fingerprint density at radius 3 is 1.08 bits per heavy atom. The summed E-state index contributed by atoms with van der Waals surface area (Å²) in [5, 5.41) is 0. The Kier molecular flexibility index (Phi) is 32.2. The molecule has 0 aliphatic rings. The maximum Gasteiger partial charge on any atom is 0.336 e. The summed E-state index contributed by atoms with van der Waals surface area (Å²) in [6.45, 7) is 19.3. The van der Waals surface area contributed by atoms with Gasteiger partial charge in [-0.3, -0.25) is 4.79 Å². The molecule has 74 heavy (non-hydrogen) atoms. The van der Waals surface area contributed by atoms with E-state index in [0.29, 0.717) is 85.1 Å². The van der Waals surface area contributed by atoms with Crippen LogP contribution in [0.15, 0.2) is 60.7 Å². The van der Waals surface area contributed by atoms with Gasteiger partial charge in [-0.1, -0.05) is 138 Å². The molecule has 0 bridgehead atoms. The third-order valence-corrected chi connectivity index (χ3v) is 12.5. The first-order valence-electron chi connectivity index (χ1n) is 28.2. The second kappa shape index (κ2) is 38.0. The zero-order valence-corrected chi connectivity index (χ0v) is 46.6. The van der Waals surface area contributed by atoms with E-state index in [9.17, 15) is 14.4 Å². The molecule has 3 aromatic carbocycles. The molecule has 0 radical (unpaired) electrons. The highest BCUT2D eigenvalue weighted by Crippen LogP contribution is 2.43. The minimum atomic E-state index is -0.619. The molecule has 0 aliphatic carbocycles. The average Bonchev–Trinajstić information content (AvgIpc) is 3.40. The van der Waals surface area contributed by atoms with E-state index >= 15 is 0 Å². The molecule has 0 saturated carbocycles. The van der Waals surface area contributed by atoms with Crippen LogP contribution in [-0.4, -0.2) is 64.2 Å². The maximum absolute atomic E-state index is 13.3. The minimum Gasteiger partial charge on any atom is -0.490 e. The average molecular weight is 1030 g/mol. The number of rotatable bonds is 42. The van der Waals surface area contributed by atoms with Crippen LogP contribution in [0.2, 0.25) is 0 Å². The van der Waals surface area contributed by atoms with Gasteiger partial charge in [-0.05, 0) is 113 Å². The molecular weight excluding hydrogens is 937 g/mol. The third-order valence-electron chi connectivity index (χ3n) is 12.5. The summed E-state index contributed by atoms with van der Waals surface area (Å²) >= 11 is 0. The summed E-state index contributed by atoms with van der Waals surface area (Å²) in [5.74, 6) is 2.16. The van der Waals surface area contributed by atoms with E-state index in [2.05, 4.69) is 34.6 Å². The minimum absolute atomic E-state index is 0.0798. The molecule has 0 heterocycles. The van der Waals surface area contributed by atoms with E-state index in [1.165, 1.54) is 12.2 Å². The summed E-state index contributed by atoms with van der Waals surface area (Å²) in [5.41, 5.74) is 0.707. The first-order valence-corrected chi connectivity index (χ1v) is 28.2. The van der Waals surface area contributed by atoms with Crippen LogP contribution < -0.4 is 37.9 Å². The fraction of sp³-hybridized carbons (Fsp3) is 0.597. The highest BCUT2D eigenvalue weighted by atomic mass is 16.6. The first kappa shape index (κ1) is 62.6. The number of esters is 3. The van der Waals surface area contributed by atoms with E-state index in [4.69, 9.17) is 42.6 Å². The van der Waals surface area contributed by atoms with Crippen molar-refractivity contribution in [2.24, 2.45) is 5.41 Å². The topological polar surface area (TPSA) is 134 Å². The van der Waals surface area contributed by atoms with Crippen LogP contribution in [0, 0.1) is 5.41 Å². The third kappa shape index (κ3) is 24.6. The van der Waals surface area contributed by atoms with Gasteiger partial charge in [0.05, 0.1) is 38.4 Å². The smallest absolute Gasteiger partial charge is 0.336 e. The quantitative estimate of drug-likeness (QED) is 0.0231. The molecule has 0 unspecified atom stereocenters. The van der Waals surface area contributed by atoms with Gasteiger partial charge < -0.3 is 42.6 Å². The highest BCUT2D eigenvalue weighted by molar-refractivity contribution is 5.90. The van der Waals surface area contributed by atoms with Crippen molar-refractivity contribution in [3.05, 3.63) is 71.8 Å². The lowest BCUT2D eigenvalue weighted by atomic mass is 9.91. The predicted octanol–water partition coefficient (Wildman–Crippen LogP) is 16.1. The van der Waals surface area contributed by atoms with Gasteiger partial charge in [0.2, 0.25) is 11.5 Å². The van der Waals surface area contributed by atoms with Crippen molar-refractivity contribution in [3.8, 4) is 46.0 Å². The Hall–Kier alpha value is -5.65. The number of carbonyl (C=O) groups is 3. The molecule has 412 valence electrons. The van der Waals surface area contributed by atoms with Gasteiger partial charge in [-0.2, -0.15) is 0 Å². The molecule has 0 N–H and O–H groups in total. The molecule has 0 aliphatic heterocycles. The summed E-state index contributed by atoms with van der Waals surface area (Å²) in [6, 6.07) is 13.6. The van der Waals surface area contributed by atoms with E-state index in [-0.39, 0.29) is 30.7 Å². The van der Waals surface area contributed by atoms with E-state index < -0.39 is 17.4 Å². The van der Waals surface area contributed by atoms with Gasteiger partial charge in [-0.15, -0.1) is 0 Å². The predicted molar refractivity (Wildman–Crippen MR) is 297 cm³/mol. The van der Waals surface area contributed by atoms with Crippen LogP contribution in [-0.2, 0) is 19.1 Å². The molecule has 0 amide bonds. The van der Waals surface area contributed by atoms with Crippen molar-refractivity contribution in [2.45, 2.75) is 190 Å². The number of carbonyl (C=O) groups excluding carboxylic acids is 3. The van der Waals surface area contributed by atoms with Crippen LogP contribution in [0.1, 0.15) is 201 Å². The van der Waals surface area contributed by atoms with Crippen LogP contribution in [0.5, 0.6) is 46.0 Å². The van der Waals surface area contributed by atoms with Crippen LogP contribution in [0.25, 0.3) is 12.2 Å². The Morgan fingerprint density at radius 1 is 0.392 bits per heavy atom. The van der Waals surface area contributed by atoms with E-state index in [0.717, 1.165) is 128 Å². The van der Waals surface area contributed by atoms with Crippen molar-refractivity contribution in [1.82, 2.24) is 0 Å². The second-order valence-corrected chi connectivity index (χ2v) is 19.4. The molecule has 0 aromatic heterocycles. The Morgan fingerprint density at radius 2 is 0.730 bits per heavy atom. The number of unbranched alkanes of at least 4 members (excludes halogenated alkanes) is 15. The normalized spacial score (nSPS) is 11.5. The highest BCUT2D eigenvalue weighted by Gasteiger charge is 2.27. The Balaban J connectivity index is 1.79. The van der Waals surface area contributed by atoms with Crippen molar-refractivity contribution < 1.29 is 57.0 Å². The van der Waals surface area contributed by atoms with Gasteiger partial charge in [0.25, 0.3) is 0 Å². The molecule has 3 aromatic rings. The molecule has 3 rings (SSSR count). The first-order chi connectivity index (χ1) is 36.0. The lowest BCUT2D eigenvalue weighted by Crippen LogP contribution is -2.27. The van der Waals surface area contributed by atoms with Crippen LogP contribution in [0.4, 0.5) is 0 Å². The van der Waals surface area contributed by atoms with Crippen molar-refractivity contribution in [3.63, 3.8) is 0 Å². The fourth-order valence-electron chi connectivity index (χ4n) is 7.52. The van der Waals surface area contributed by atoms with Crippen molar-refractivity contribution in [1.29, 1.82) is 0 Å². The summed E-state index contributed by atoms with van der Waals surface area (Å²) in [7, 11) is 0. The van der Waals surface area contributed by atoms with E-state index in [1.54, 1.807) is 48.6 Å². The molecular formula is C62H92O12. The largest absolute Gasteiger partial charge is 0.490 e. The number of ether oxygens (including phenoxy) is 9. The van der Waals surface area contributed by atoms with Crippen LogP contribution >= 0.6 is 0 Å². The Labute approximate surface area is 445 Å². The molecule has 12 heteroatoms. The lowest BCUT2D eigenvalue weighted by Gasteiger charge is -2.21. The number of hydrogen-bond donors (Lipinski definition) is 0. The fourth-order valence-corrected chi connectivity index (χ4v) is 7.52. The Bertz CT molecular complexity index is 2090. The van der Waals surface area contributed by atoms with Gasteiger partial charge >= 0.3 is 17.9 Å². The van der Waals surface area contributed by atoms with Crippen molar-refractivity contribution in [2.75, 3.05) is 46.2 Å².